The van der Waals surface area contributed by atoms with Gasteiger partial charge in [0.05, 0.1) is 0 Å². The summed E-state index contributed by atoms with van der Waals surface area (Å²) in [5.41, 5.74) is 0. The van der Waals surface area contributed by atoms with Crippen LogP contribution >= 0.6 is 0 Å². The van der Waals surface area contributed by atoms with Gasteiger partial charge in [0.1, 0.15) is 19.3 Å². The number of esters is 2. The minimum atomic E-state index is -0.945. The predicted molar refractivity (Wildman–Crippen MR) is 43.9 cm³/mol. The number of hydrogen-bond acceptors (Lipinski definition) is 5. The zero-order chi connectivity index (χ0) is 10.3. The molecule has 0 bridgehead atoms. The highest BCUT2D eigenvalue weighted by Gasteiger charge is 2.08. The van der Waals surface area contributed by atoms with Gasteiger partial charge in [0.15, 0.2) is 0 Å². The lowest BCUT2D eigenvalue weighted by molar-refractivity contribution is -0.150. The first-order valence-electron chi connectivity index (χ1n) is 4.03. The Bertz CT molecular complexity index is 177. The zero-order valence-electron chi connectivity index (χ0n) is 7.78. The monoisotopic (exact) mass is 190 g/mol. The highest BCUT2D eigenvalue weighted by molar-refractivity contribution is 5.68. The standard InChI is InChI=1S/C8H14O5/c1-3-8(11)13-5-7(10)4-12-6(2)9/h7,10H,3-5H2,1-2H3. The molecule has 0 fully saturated rings. The van der Waals surface area contributed by atoms with E-state index in [-0.39, 0.29) is 25.6 Å². The molecule has 0 aliphatic heterocycles. The second-order valence-electron chi connectivity index (χ2n) is 2.49. The van der Waals surface area contributed by atoms with Crippen LogP contribution in [0.5, 0.6) is 0 Å². The Labute approximate surface area is 76.6 Å². The lowest BCUT2D eigenvalue weighted by Gasteiger charge is -2.10. The van der Waals surface area contributed by atoms with E-state index in [0.29, 0.717) is 0 Å². The molecule has 0 aromatic carbocycles. The number of aliphatic hydroxyl groups excluding tert-OH is 1. The topological polar surface area (TPSA) is 72.8 Å². The molecule has 0 aliphatic carbocycles. The van der Waals surface area contributed by atoms with Crippen molar-refractivity contribution < 1.29 is 24.2 Å². The van der Waals surface area contributed by atoms with Crippen molar-refractivity contribution in [2.45, 2.75) is 26.4 Å². The first-order valence-corrected chi connectivity index (χ1v) is 4.03. The summed E-state index contributed by atoms with van der Waals surface area (Å²) in [6.07, 6.45) is -0.681. The van der Waals surface area contributed by atoms with E-state index in [1.54, 1.807) is 6.92 Å². The van der Waals surface area contributed by atoms with Crippen LogP contribution in [0.4, 0.5) is 0 Å². The Morgan fingerprint density at radius 1 is 1.31 bits per heavy atom. The van der Waals surface area contributed by atoms with Gasteiger partial charge in [0.2, 0.25) is 0 Å². The highest BCUT2D eigenvalue weighted by atomic mass is 16.6. The van der Waals surface area contributed by atoms with Crippen LogP contribution in [0, 0.1) is 0 Å². The summed E-state index contributed by atoms with van der Waals surface area (Å²) in [5.74, 6) is -0.859. The van der Waals surface area contributed by atoms with Gasteiger partial charge >= 0.3 is 11.9 Å². The highest BCUT2D eigenvalue weighted by Crippen LogP contribution is 1.91. The fourth-order valence-electron chi connectivity index (χ4n) is 0.553. The molecule has 1 atom stereocenters. The normalized spacial score (nSPS) is 11.9. The van der Waals surface area contributed by atoms with E-state index in [2.05, 4.69) is 9.47 Å². The molecule has 5 nitrogen and oxygen atoms in total. The van der Waals surface area contributed by atoms with Crippen molar-refractivity contribution in [2.75, 3.05) is 13.2 Å². The summed E-state index contributed by atoms with van der Waals surface area (Å²) >= 11 is 0. The van der Waals surface area contributed by atoms with Crippen molar-refractivity contribution in [1.29, 1.82) is 0 Å². The Morgan fingerprint density at radius 3 is 2.31 bits per heavy atom. The van der Waals surface area contributed by atoms with Gasteiger partial charge in [0.25, 0.3) is 0 Å². The van der Waals surface area contributed by atoms with E-state index in [0.717, 1.165) is 0 Å². The number of carbonyl (C=O) groups excluding carboxylic acids is 2. The SMILES string of the molecule is CCC(=O)OCC(O)COC(C)=O. The van der Waals surface area contributed by atoms with Crippen LogP contribution in [0.25, 0.3) is 0 Å². The maximum absolute atomic E-state index is 10.6. The van der Waals surface area contributed by atoms with E-state index >= 15 is 0 Å². The van der Waals surface area contributed by atoms with Gasteiger partial charge in [-0.15, -0.1) is 0 Å². The van der Waals surface area contributed by atoms with Gasteiger partial charge in [-0.25, -0.2) is 0 Å². The van der Waals surface area contributed by atoms with Crippen molar-refractivity contribution in [3.8, 4) is 0 Å². The average molecular weight is 190 g/mol. The summed E-state index contributed by atoms with van der Waals surface area (Å²) in [6.45, 7) is 2.61. The van der Waals surface area contributed by atoms with E-state index in [4.69, 9.17) is 5.11 Å². The molecule has 0 rings (SSSR count). The van der Waals surface area contributed by atoms with Crippen LogP contribution < -0.4 is 0 Å². The molecule has 1 N–H and O–H groups in total. The molecule has 5 heteroatoms. The second-order valence-corrected chi connectivity index (χ2v) is 2.49. The summed E-state index contributed by atoms with van der Waals surface area (Å²) in [4.78, 5) is 20.9. The maximum atomic E-state index is 10.6. The molecule has 76 valence electrons. The minimum absolute atomic E-state index is 0.139. The third-order valence-corrected chi connectivity index (χ3v) is 1.20. The molecule has 13 heavy (non-hydrogen) atoms. The maximum Gasteiger partial charge on any atom is 0.305 e. The Kier molecular flexibility index (Phi) is 5.88. The van der Waals surface area contributed by atoms with Gasteiger partial charge in [-0.3, -0.25) is 9.59 Å². The van der Waals surface area contributed by atoms with Crippen molar-refractivity contribution in [1.82, 2.24) is 0 Å². The molecule has 0 spiro atoms. The van der Waals surface area contributed by atoms with Crippen molar-refractivity contribution in [3.05, 3.63) is 0 Å². The smallest absolute Gasteiger partial charge is 0.305 e. The van der Waals surface area contributed by atoms with Crippen LogP contribution in [0.15, 0.2) is 0 Å². The number of ether oxygens (including phenoxy) is 2. The predicted octanol–water partition coefficient (Wildman–Crippen LogP) is -0.136. The van der Waals surface area contributed by atoms with Crippen molar-refractivity contribution in [3.63, 3.8) is 0 Å². The lowest BCUT2D eigenvalue weighted by atomic mass is 10.4. The zero-order valence-corrected chi connectivity index (χ0v) is 7.78. The molecule has 0 radical (unpaired) electrons. The Hall–Kier alpha value is -1.10. The largest absolute Gasteiger partial charge is 0.463 e. The van der Waals surface area contributed by atoms with Crippen molar-refractivity contribution >= 4 is 11.9 Å². The molecule has 0 aliphatic rings. The second kappa shape index (κ2) is 6.42. The van der Waals surface area contributed by atoms with Crippen LogP contribution in [-0.2, 0) is 19.1 Å². The molecular weight excluding hydrogens is 176 g/mol. The number of rotatable bonds is 5. The summed E-state index contributed by atoms with van der Waals surface area (Å²) in [5, 5.41) is 9.09. The van der Waals surface area contributed by atoms with Gasteiger partial charge in [-0.05, 0) is 0 Å². The third-order valence-electron chi connectivity index (χ3n) is 1.20. The fraction of sp³-hybridized carbons (Fsp3) is 0.750. The van der Waals surface area contributed by atoms with Crippen LogP contribution in [0.1, 0.15) is 20.3 Å². The third kappa shape index (κ3) is 7.27. The van der Waals surface area contributed by atoms with Gasteiger partial charge in [-0.1, -0.05) is 6.92 Å². The number of aliphatic hydroxyl groups is 1. The van der Waals surface area contributed by atoms with Crippen molar-refractivity contribution in [2.24, 2.45) is 0 Å². The minimum Gasteiger partial charge on any atom is -0.463 e. The molecule has 0 heterocycles. The van der Waals surface area contributed by atoms with E-state index in [1.807, 2.05) is 0 Å². The Balaban J connectivity index is 3.45. The van der Waals surface area contributed by atoms with E-state index in [1.165, 1.54) is 6.92 Å². The summed E-state index contributed by atoms with van der Waals surface area (Å²) in [6, 6.07) is 0. The first kappa shape index (κ1) is 11.9. The number of carbonyl (C=O) groups is 2. The van der Waals surface area contributed by atoms with Gasteiger partial charge in [-0.2, -0.15) is 0 Å². The molecule has 0 saturated carbocycles. The molecule has 0 amide bonds. The molecule has 0 aromatic heterocycles. The van der Waals surface area contributed by atoms with E-state index < -0.39 is 12.1 Å². The lowest BCUT2D eigenvalue weighted by Crippen LogP contribution is -2.24. The molecular formula is C8H14O5. The summed E-state index contributed by atoms with van der Waals surface area (Å²) in [7, 11) is 0. The average Bonchev–Trinajstić information content (AvgIpc) is 2.10. The van der Waals surface area contributed by atoms with E-state index in [9.17, 15) is 9.59 Å². The number of hydrogen-bond donors (Lipinski definition) is 1. The molecule has 0 aromatic rings. The Morgan fingerprint density at radius 2 is 1.85 bits per heavy atom. The fourth-order valence-corrected chi connectivity index (χ4v) is 0.553. The quantitative estimate of drug-likeness (QED) is 0.611. The summed E-state index contributed by atoms with van der Waals surface area (Å²) < 4.78 is 9.09. The van der Waals surface area contributed by atoms with Crippen LogP contribution in [0.3, 0.4) is 0 Å². The van der Waals surface area contributed by atoms with Crippen LogP contribution in [0.2, 0.25) is 0 Å². The molecule has 0 saturated heterocycles. The molecule has 1 unspecified atom stereocenters. The first-order chi connectivity index (χ1) is 6.06. The van der Waals surface area contributed by atoms with Crippen LogP contribution in [-0.4, -0.2) is 36.4 Å². The van der Waals surface area contributed by atoms with Gasteiger partial charge < -0.3 is 14.6 Å². The van der Waals surface area contributed by atoms with Gasteiger partial charge in [0, 0.05) is 13.3 Å².